The van der Waals surface area contributed by atoms with E-state index in [1.807, 2.05) is 0 Å². The van der Waals surface area contributed by atoms with E-state index in [-0.39, 0.29) is 16.9 Å². The van der Waals surface area contributed by atoms with Crippen LogP contribution in [0.5, 0.6) is 5.88 Å². The molecule has 3 N–H and O–H groups in total. The summed E-state index contributed by atoms with van der Waals surface area (Å²) in [6, 6.07) is 6.29. The molecule has 0 aliphatic carbocycles. The minimum absolute atomic E-state index is 0.163. The number of rotatable bonds is 10. The Hall–Kier alpha value is -4.12. The molecule has 33 heavy (non-hydrogen) atoms. The normalized spacial score (nSPS) is 10.9. The number of H-pyrrole nitrogens is 1. The van der Waals surface area contributed by atoms with Gasteiger partial charge >= 0.3 is 0 Å². The number of carbonyl (C=O) groups is 1. The van der Waals surface area contributed by atoms with E-state index in [2.05, 4.69) is 35.6 Å². The average molecular weight is 451 g/mol. The highest BCUT2D eigenvalue weighted by Gasteiger charge is 2.22. The Bertz CT molecular complexity index is 1260. The third-order valence-electron chi connectivity index (χ3n) is 4.84. The predicted molar refractivity (Wildman–Crippen MR) is 121 cm³/mol. The molecule has 0 radical (unpaired) electrons. The van der Waals surface area contributed by atoms with Gasteiger partial charge in [-0.2, -0.15) is 4.39 Å². The summed E-state index contributed by atoms with van der Waals surface area (Å²) < 4.78 is 24.9. The van der Waals surface area contributed by atoms with Crippen LogP contribution in [0.4, 0.5) is 21.7 Å². The summed E-state index contributed by atoms with van der Waals surface area (Å²) in [6.45, 7) is 1.18. The van der Waals surface area contributed by atoms with Crippen LogP contribution in [0.25, 0.3) is 11.0 Å². The van der Waals surface area contributed by atoms with Crippen LogP contribution in [-0.2, 0) is 4.74 Å². The molecule has 0 aliphatic rings. The molecule has 0 spiro atoms. The molecule has 0 amide bonds. The smallest absolute Gasteiger partial charge is 0.226 e. The molecular formula is C22H22FN7O3. The number of anilines is 3. The van der Waals surface area contributed by atoms with Crippen LogP contribution in [0.15, 0.2) is 43.0 Å². The molecule has 170 valence electrons. The molecule has 11 heteroatoms. The predicted octanol–water partition coefficient (Wildman–Crippen LogP) is 3.32. The largest absolute Gasteiger partial charge is 0.481 e. The number of ether oxygens (including phenoxy) is 2. The highest BCUT2D eigenvalue weighted by Crippen LogP contribution is 2.27. The van der Waals surface area contributed by atoms with E-state index in [0.29, 0.717) is 41.6 Å². The van der Waals surface area contributed by atoms with Gasteiger partial charge in [-0.3, -0.25) is 4.79 Å². The summed E-state index contributed by atoms with van der Waals surface area (Å²) in [5.41, 5.74) is 1.16. The number of hydrogen-bond donors (Lipinski definition) is 3. The van der Waals surface area contributed by atoms with Crippen molar-refractivity contribution < 1.29 is 18.7 Å². The molecule has 0 saturated carbocycles. The maximum atomic E-state index is 14.8. The van der Waals surface area contributed by atoms with E-state index >= 15 is 0 Å². The fraction of sp³-hybridized carbons (Fsp3) is 0.227. The van der Waals surface area contributed by atoms with Gasteiger partial charge in [-0.25, -0.2) is 19.9 Å². The first-order valence-electron chi connectivity index (χ1n) is 10.1. The number of carbonyl (C=O) groups excluding carboxylic acids is 1. The lowest BCUT2D eigenvalue weighted by Gasteiger charge is -2.09. The summed E-state index contributed by atoms with van der Waals surface area (Å²) in [6.07, 6.45) is 5.18. The summed E-state index contributed by atoms with van der Waals surface area (Å²) in [5, 5.41) is 6.61. The first-order valence-corrected chi connectivity index (χ1v) is 10.1. The Labute approximate surface area is 188 Å². The monoisotopic (exact) mass is 451 g/mol. The molecule has 0 fully saturated rings. The van der Waals surface area contributed by atoms with Crippen LogP contribution in [-0.4, -0.2) is 58.1 Å². The zero-order valence-electron chi connectivity index (χ0n) is 18.1. The number of nitrogens with zero attached hydrogens (tertiary/aromatic N) is 4. The second-order valence-corrected chi connectivity index (χ2v) is 7.00. The van der Waals surface area contributed by atoms with Crippen molar-refractivity contribution in [1.82, 2.24) is 24.9 Å². The van der Waals surface area contributed by atoms with Crippen molar-refractivity contribution in [3.8, 4) is 5.88 Å². The first-order chi connectivity index (χ1) is 16.1. The molecule has 4 heterocycles. The van der Waals surface area contributed by atoms with Crippen molar-refractivity contribution in [2.75, 3.05) is 38.0 Å². The van der Waals surface area contributed by atoms with Crippen LogP contribution in [0.3, 0.4) is 0 Å². The third-order valence-corrected chi connectivity index (χ3v) is 4.84. The molecule has 0 saturated heterocycles. The van der Waals surface area contributed by atoms with Crippen LogP contribution < -0.4 is 15.4 Å². The minimum Gasteiger partial charge on any atom is -0.481 e. The molecule has 0 aromatic carbocycles. The molecule has 0 atom stereocenters. The fourth-order valence-electron chi connectivity index (χ4n) is 3.24. The fourth-order valence-corrected chi connectivity index (χ4v) is 3.24. The zero-order valence-corrected chi connectivity index (χ0v) is 18.1. The second-order valence-electron chi connectivity index (χ2n) is 7.00. The van der Waals surface area contributed by atoms with Crippen molar-refractivity contribution in [1.29, 1.82) is 0 Å². The van der Waals surface area contributed by atoms with E-state index in [9.17, 15) is 9.18 Å². The van der Waals surface area contributed by atoms with Crippen LogP contribution in [0.1, 0.15) is 22.3 Å². The van der Waals surface area contributed by atoms with Gasteiger partial charge in [-0.05, 0) is 24.6 Å². The number of pyridine rings is 2. The summed E-state index contributed by atoms with van der Waals surface area (Å²) >= 11 is 0. The summed E-state index contributed by atoms with van der Waals surface area (Å²) in [7, 11) is 3.14. The van der Waals surface area contributed by atoms with Crippen molar-refractivity contribution >= 4 is 34.1 Å². The highest BCUT2D eigenvalue weighted by molar-refractivity contribution is 6.18. The maximum absolute atomic E-state index is 14.8. The number of ketones is 1. The Balaban J connectivity index is 1.57. The Morgan fingerprint density at radius 1 is 1.12 bits per heavy atom. The van der Waals surface area contributed by atoms with Crippen molar-refractivity contribution in [2.45, 2.75) is 6.42 Å². The van der Waals surface area contributed by atoms with E-state index in [4.69, 9.17) is 9.47 Å². The standard InChI is InChI=1S/C22H22FN7O3/c1-32-9-3-8-24-21-18-15(11-26-22(18)28-12-27-21)19(31)14-5-6-16(30-20(14)23)29-13-4-7-17(33-2)25-10-13/h4-7,10-12H,3,8-9H2,1-2H3,(H,29,30)(H2,24,26,27,28). The second kappa shape index (κ2) is 10.0. The number of aromatic amines is 1. The first kappa shape index (κ1) is 22.1. The molecule has 4 aromatic heterocycles. The number of aromatic nitrogens is 5. The van der Waals surface area contributed by atoms with E-state index in [0.717, 1.165) is 6.42 Å². The van der Waals surface area contributed by atoms with Crippen LogP contribution in [0.2, 0.25) is 0 Å². The highest BCUT2D eigenvalue weighted by atomic mass is 19.1. The van der Waals surface area contributed by atoms with E-state index in [1.54, 1.807) is 19.2 Å². The van der Waals surface area contributed by atoms with Gasteiger partial charge in [0.05, 0.1) is 35.5 Å². The lowest BCUT2D eigenvalue weighted by atomic mass is 10.0. The van der Waals surface area contributed by atoms with Crippen LogP contribution >= 0.6 is 0 Å². The number of halogens is 1. The molecule has 0 bridgehead atoms. The van der Waals surface area contributed by atoms with Gasteiger partial charge < -0.3 is 25.1 Å². The number of hydrogen-bond acceptors (Lipinski definition) is 9. The van der Waals surface area contributed by atoms with Crippen molar-refractivity contribution in [3.05, 3.63) is 60.1 Å². The van der Waals surface area contributed by atoms with E-state index < -0.39 is 11.7 Å². The number of methoxy groups -OCH3 is 2. The quantitative estimate of drug-likeness (QED) is 0.189. The molecule has 0 aliphatic heterocycles. The summed E-state index contributed by atoms with van der Waals surface area (Å²) in [5.74, 6) is -0.250. The minimum atomic E-state index is -0.896. The van der Waals surface area contributed by atoms with Gasteiger partial charge in [0.1, 0.15) is 23.6 Å². The summed E-state index contributed by atoms with van der Waals surface area (Å²) in [4.78, 5) is 32.5. The van der Waals surface area contributed by atoms with Gasteiger partial charge in [0.2, 0.25) is 11.8 Å². The molecule has 10 nitrogen and oxygen atoms in total. The molecular weight excluding hydrogens is 429 g/mol. The Kier molecular flexibility index (Phi) is 6.69. The average Bonchev–Trinajstić information content (AvgIpc) is 3.27. The molecule has 4 rings (SSSR count). The lowest BCUT2D eigenvalue weighted by Crippen LogP contribution is -2.10. The van der Waals surface area contributed by atoms with Gasteiger partial charge in [-0.15, -0.1) is 0 Å². The Morgan fingerprint density at radius 3 is 2.73 bits per heavy atom. The topological polar surface area (TPSA) is 127 Å². The Morgan fingerprint density at radius 2 is 2.00 bits per heavy atom. The molecule has 4 aromatic rings. The molecule has 0 unspecified atom stereocenters. The van der Waals surface area contributed by atoms with Crippen LogP contribution in [0, 0.1) is 5.95 Å². The SMILES string of the molecule is COCCCNc1ncnc2[nH]cc(C(=O)c3ccc(Nc4ccc(OC)nc4)nc3F)c12. The zero-order chi connectivity index (χ0) is 23.2. The third kappa shape index (κ3) is 4.88. The lowest BCUT2D eigenvalue weighted by molar-refractivity contribution is 0.103. The number of fused-ring (bicyclic) bond motifs is 1. The number of nitrogens with one attached hydrogen (secondary N) is 3. The van der Waals surface area contributed by atoms with Gasteiger partial charge in [0, 0.05) is 32.5 Å². The van der Waals surface area contributed by atoms with E-state index in [1.165, 1.54) is 38.0 Å². The van der Waals surface area contributed by atoms with Crippen molar-refractivity contribution in [3.63, 3.8) is 0 Å². The van der Waals surface area contributed by atoms with Crippen molar-refractivity contribution in [2.24, 2.45) is 0 Å². The maximum Gasteiger partial charge on any atom is 0.226 e. The van der Waals surface area contributed by atoms with Gasteiger partial charge in [0.25, 0.3) is 0 Å². The van der Waals surface area contributed by atoms with Gasteiger partial charge in [-0.1, -0.05) is 0 Å². The van der Waals surface area contributed by atoms with Gasteiger partial charge in [0.15, 0.2) is 5.78 Å².